The molecule has 0 radical (unpaired) electrons. The summed E-state index contributed by atoms with van der Waals surface area (Å²) in [6.07, 6.45) is 2.39. The average molecular weight is 234 g/mol. The van der Waals surface area contributed by atoms with Gasteiger partial charge in [0.2, 0.25) is 0 Å². The first-order chi connectivity index (χ1) is 8.19. The van der Waals surface area contributed by atoms with Crippen LogP contribution in [0.15, 0.2) is 24.3 Å². The molecule has 0 saturated heterocycles. The number of aryl methyl sites for hydroxylation is 1. The molecule has 0 heterocycles. The molecule has 0 fully saturated rings. The third kappa shape index (κ3) is 4.49. The van der Waals surface area contributed by atoms with Crippen LogP contribution in [0.3, 0.4) is 0 Å². The van der Waals surface area contributed by atoms with Crippen LogP contribution >= 0.6 is 0 Å². The van der Waals surface area contributed by atoms with Crippen molar-refractivity contribution in [2.24, 2.45) is 0 Å². The van der Waals surface area contributed by atoms with E-state index in [-0.39, 0.29) is 0 Å². The molecule has 1 unspecified atom stereocenters. The minimum Gasteiger partial charge on any atom is -0.313 e. The van der Waals surface area contributed by atoms with E-state index in [2.05, 4.69) is 62.4 Å². The van der Waals surface area contributed by atoms with E-state index in [1.165, 1.54) is 24.1 Å². The summed E-state index contributed by atoms with van der Waals surface area (Å²) in [4.78, 5) is 2.41. The van der Waals surface area contributed by atoms with Gasteiger partial charge in [-0.15, -0.1) is 0 Å². The fourth-order valence-electron chi connectivity index (χ4n) is 2.28. The van der Waals surface area contributed by atoms with Gasteiger partial charge in [0.05, 0.1) is 0 Å². The molecular weight excluding hydrogens is 208 g/mol. The van der Waals surface area contributed by atoms with Crippen molar-refractivity contribution in [2.45, 2.75) is 32.7 Å². The molecule has 2 nitrogen and oxygen atoms in total. The van der Waals surface area contributed by atoms with Crippen molar-refractivity contribution in [1.29, 1.82) is 0 Å². The molecule has 0 bridgehead atoms. The lowest BCUT2D eigenvalue weighted by Gasteiger charge is -2.22. The van der Waals surface area contributed by atoms with Crippen LogP contribution in [-0.2, 0) is 0 Å². The van der Waals surface area contributed by atoms with Gasteiger partial charge < -0.3 is 10.2 Å². The largest absolute Gasteiger partial charge is 0.313 e. The average Bonchev–Trinajstić information content (AvgIpc) is 2.32. The van der Waals surface area contributed by atoms with Crippen LogP contribution < -0.4 is 5.32 Å². The van der Waals surface area contributed by atoms with Crippen molar-refractivity contribution >= 4 is 0 Å². The molecule has 1 aromatic rings. The lowest BCUT2D eigenvalue weighted by molar-refractivity contribution is 0.311. The van der Waals surface area contributed by atoms with E-state index in [1.54, 1.807) is 0 Å². The number of rotatable bonds is 7. The Morgan fingerprint density at radius 2 is 1.94 bits per heavy atom. The summed E-state index contributed by atoms with van der Waals surface area (Å²) in [7, 11) is 4.25. The zero-order valence-corrected chi connectivity index (χ0v) is 11.7. The highest BCUT2D eigenvalue weighted by Crippen LogP contribution is 2.20. The second kappa shape index (κ2) is 7.46. The van der Waals surface area contributed by atoms with Gasteiger partial charge in [-0.3, -0.25) is 0 Å². The van der Waals surface area contributed by atoms with E-state index in [4.69, 9.17) is 0 Å². The molecule has 0 amide bonds. The Kier molecular flexibility index (Phi) is 6.23. The van der Waals surface area contributed by atoms with Crippen LogP contribution in [0, 0.1) is 6.92 Å². The highest BCUT2D eigenvalue weighted by atomic mass is 15.1. The Balaban J connectivity index is 2.57. The first-order valence-electron chi connectivity index (χ1n) is 6.60. The molecule has 1 N–H and O–H groups in total. The zero-order chi connectivity index (χ0) is 12.7. The molecular formula is C15H26N2. The molecule has 1 rings (SSSR count). The third-order valence-corrected chi connectivity index (χ3v) is 3.32. The van der Waals surface area contributed by atoms with Crippen LogP contribution in [0.5, 0.6) is 0 Å². The van der Waals surface area contributed by atoms with Gasteiger partial charge in [-0.1, -0.05) is 31.2 Å². The predicted octanol–water partition coefficient (Wildman–Crippen LogP) is 2.99. The highest BCUT2D eigenvalue weighted by molar-refractivity contribution is 5.28. The minimum absolute atomic E-state index is 0.468. The normalized spacial score (nSPS) is 13.0. The summed E-state index contributed by atoms with van der Waals surface area (Å²) in [5.41, 5.74) is 2.81. The van der Waals surface area contributed by atoms with Gasteiger partial charge in [0.15, 0.2) is 0 Å². The Labute approximate surface area is 106 Å². The molecule has 1 aromatic carbocycles. The van der Waals surface area contributed by atoms with Crippen molar-refractivity contribution < 1.29 is 0 Å². The summed E-state index contributed by atoms with van der Waals surface area (Å²) in [5, 5.41) is 3.43. The van der Waals surface area contributed by atoms with E-state index in [1.807, 2.05) is 0 Å². The molecule has 1 atom stereocenters. The van der Waals surface area contributed by atoms with Crippen LogP contribution in [0.25, 0.3) is 0 Å². The highest BCUT2D eigenvalue weighted by Gasteiger charge is 2.11. The lowest BCUT2D eigenvalue weighted by atomic mass is 9.99. The number of hydrogen-bond donors (Lipinski definition) is 1. The van der Waals surface area contributed by atoms with Crippen molar-refractivity contribution in [2.75, 3.05) is 27.2 Å². The van der Waals surface area contributed by atoms with Crippen LogP contribution in [0.2, 0.25) is 0 Å². The fourth-order valence-corrected chi connectivity index (χ4v) is 2.28. The first kappa shape index (κ1) is 14.2. The van der Waals surface area contributed by atoms with Gasteiger partial charge >= 0.3 is 0 Å². The van der Waals surface area contributed by atoms with E-state index >= 15 is 0 Å². The predicted molar refractivity (Wildman–Crippen MR) is 75.4 cm³/mol. The van der Waals surface area contributed by atoms with Crippen molar-refractivity contribution in [3.8, 4) is 0 Å². The number of nitrogens with zero attached hydrogens (tertiary/aromatic N) is 1. The Bertz CT molecular complexity index is 322. The summed E-state index contributed by atoms with van der Waals surface area (Å²) in [5.74, 6) is 0. The standard InChI is InChI=1S/C15H26N2/c1-5-11-17(4)12-10-15(16-3)14-9-7-6-8-13(14)2/h6-9,15-16H,5,10-12H2,1-4H3. The number of benzene rings is 1. The topological polar surface area (TPSA) is 15.3 Å². The van der Waals surface area contributed by atoms with Gasteiger partial charge in [-0.2, -0.15) is 0 Å². The first-order valence-corrected chi connectivity index (χ1v) is 6.60. The van der Waals surface area contributed by atoms with E-state index < -0.39 is 0 Å². The molecule has 0 saturated carbocycles. The molecule has 0 aliphatic rings. The molecule has 17 heavy (non-hydrogen) atoms. The molecule has 96 valence electrons. The van der Waals surface area contributed by atoms with E-state index in [0.29, 0.717) is 6.04 Å². The van der Waals surface area contributed by atoms with E-state index in [9.17, 15) is 0 Å². The maximum Gasteiger partial charge on any atom is 0.0332 e. The van der Waals surface area contributed by atoms with Gasteiger partial charge in [-0.05, 0) is 58.1 Å². The summed E-state index contributed by atoms with van der Waals surface area (Å²) in [6, 6.07) is 9.12. The molecule has 0 spiro atoms. The van der Waals surface area contributed by atoms with E-state index in [0.717, 1.165) is 13.0 Å². The van der Waals surface area contributed by atoms with Gasteiger partial charge in [0.1, 0.15) is 0 Å². The van der Waals surface area contributed by atoms with Gasteiger partial charge in [0, 0.05) is 6.04 Å². The Morgan fingerprint density at radius 1 is 1.24 bits per heavy atom. The molecule has 0 aromatic heterocycles. The summed E-state index contributed by atoms with van der Waals surface area (Å²) >= 11 is 0. The number of hydrogen-bond acceptors (Lipinski definition) is 2. The second-order valence-electron chi connectivity index (χ2n) is 4.79. The van der Waals surface area contributed by atoms with Gasteiger partial charge in [0.25, 0.3) is 0 Å². The van der Waals surface area contributed by atoms with Crippen LogP contribution in [0.1, 0.15) is 36.9 Å². The second-order valence-corrected chi connectivity index (χ2v) is 4.79. The SMILES string of the molecule is CCCN(C)CCC(NC)c1ccccc1C. The molecule has 0 aliphatic heterocycles. The van der Waals surface area contributed by atoms with Crippen molar-refractivity contribution in [3.63, 3.8) is 0 Å². The Hall–Kier alpha value is -0.860. The maximum atomic E-state index is 3.43. The third-order valence-electron chi connectivity index (χ3n) is 3.32. The van der Waals surface area contributed by atoms with Crippen molar-refractivity contribution in [3.05, 3.63) is 35.4 Å². The van der Waals surface area contributed by atoms with Crippen molar-refractivity contribution in [1.82, 2.24) is 10.2 Å². The lowest BCUT2D eigenvalue weighted by Crippen LogP contribution is -2.26. The quantitative estimate of drug-likeness (QED) is 0.780. The molecule has 0 aliphatic carbocycles. The fraction of sp³-hybridized carbons (Fsp3) is 0.600. The van der Waals surface area contributed by atoms with Crippen LogP contribution in [0.4, 0.5) is 0 Å². The Morgan fingerprint density at radius 3 is 2.53 bits per heavy atom. The monoisotopic (exact) mass is 234 g/mol. The molecule has 2 heteroatoms. The zero-order valence-electron chi connectivity index (χ0n) is 11.7. The number of nitrogens with one attached hydrogen (secondary N) is 1. The minimum atomic E-state index is 0.468. The van der Waals surface area contributed by atoms with Gasteiger partial charge in [-0.25, -0.2) is 0 Å². The summed E-state index contributed by atoms with van der Waals surface area (Å²) < 4.78 is 0. The smallest absolute Gasteiger partial charge is 0.0332 e. The summed E-state index contributed by atoms with van der Waals surface area (Å²) in [6.45, 7) is 6.75. The maximum absolute atomic E-state index is 3.43. The van der Waals surface area contributed by atoms with Crippen LogP contribution in [-0.4, -0.2) is 32.1 Å².